The second-order valence-electron chi connectivity index (χ2n) is 12.1. The molecule has 4 aromatic rings. The first-order valence-corrected chi connectivity index (χ1v) is 16.6. The van der Waals surface area contributed by atoms with Crippen LogP contribution in [0, 0.1) is 5.92 Å². The number of benzene rings is 2. The predicted octanol–water partition coefficient (Wildman–Crippen LogP) is 5.47. The third-order valence-corrected chi connectivity index (χ3v) is 8.95. The quantitative estimate of drug-likeness (QED) is 0.124. The summed E-state index contributed by atoms with van der Waals surface area (Å²) < 4.78 is 18.1. The number of ketones is 1. The number of carbonyl (C=O) groups is 2. The maximum Gasteiger partial charge on any atom is 0.337 e. The van der Waals surface area contributed by atoms with E-state index in [0.717, 1.165) is 69.3 Å². The molecule has 1 aliphatic rings. The highest BCUT2D eigenvalue weighted by atomic mass is 16.5. The van der Waals surface area contributed by atoms with Crippen LogP contribution in [0.15, 0.2) is 54.6 Å². The van der Waals surface area contributed by atoms with Gasteiger partial charge in [-0.05, 0) is 80.9 Å². The highest BCUT2D eigenvalue weighted by Crippen LogP contribution is 2.35. The molecule has 5 rings (SSSR count). The number of anilines is 1. The molecule has 47 heavy (non-hydrogen) atoms. The standard InChI is InChI=1S/C36H46N6O5/c1-4-5-23-47-35-39-32(37)31-33(40-35)42(36(38-31)46-3)20-10-9-19-41-21-17-27(18-22-41)30(29(43)24-25-11-7-6-8-12-25)26-13-15-28(16-14-26)34(44)45-2/h6-8,11-16,27,30H,4-5,9-10,17-24H2,1-3H3,(H2,37,39,40). The topological polar surface area (TPSA) is 135 Å². The number of Topliss-reactive ketones (excluding diaryl/α,β-unsaturated/α-hetero) is 1. The second kappa shape index (κ2) is 16.4. The number of hydrogen-bond acceptors (Lipinski definition) is 10. The van der Waals surface area contributed by atoms with Crippen LogP contribution in [0.2, 0.25) is 0 Å². The van der Waals surface area contributed by atoms with E-state index in [-0.39, 0.29) is 35.4 Å². The Kier molecular flexibility index (Phi) is 11.8. The van der Waals surface area contributed by atoms with E-state index in [2.05, 4.69) is 26.8 Å². The molecule has 1 unspecified atom stereocenters. The van der Waals surface area contributed by atoms with Gasteiger partial charge in [0, 0.05) is 18.9 Å². The summed E-state index contributed by atoms with van der Waals surface area (Å²) in [4.78, 5) is 41.7. The summed E-state index contributed by atoms with van der Waals surface area (Å²) in [6, 6.07) is 18.0. The van der Waals surface area contributed by atoms with Gasteiger partial charge in [-0.3, -0.25) is 9.36 Å². The van der Waals surface area contributed by atoms with Crippen LogP contribution >= 0.6 is 0 Å². The number of nitrogen functional groups attached to an aromatic ring is 1. The number of methoxy groups -OCH3 is 2. The minimum absolute atomic E-state index is 0.213. The number of aromatic nitrogens is 4. The number of ether oxygens (including phenoxy) is 3. The zero-order valence-electron chi connectivity index (χ0n) is 27.7. The molecular weight excluding hydrogens is 596 g/mol. The Morgan fingerprint density at radius 3 is 2.34 bits per heavy atom. The Bertz CT molecular complexity index is 1620. The molecule has 1 fully saturated rings. The first-order chi connectivity index (χ1) is 22.9. The Hall–Kier alpha value is -4.51. The fraction of sp³-hybridized carbons (Fsp3) is 0.472. The fourth-order valence-corrected chi connectivity index (χ4v) is 6.40. The van der Waals surface area contributed by atoms with Gasteiger partial charge in [0.1, 0.15) is 5.78 Å². The smallest absolute Gasteiger partial charge is 0.337 e. The zero-order chi connectivity index (χ0) is 33.2. The van der Waals surface area contributed by atoms with Crippen LogP contribution in [-0.2, 0) is 22.5 Å². The number of fused-ring (bicyclic) bond motifs is 1. The molecule has 1 atom stereocenters. The van der Waals surface area contributed by atoms with Crippen LogP contribution in [0.5, 0.6) is 12.0 Å². The number of aryl methyl sites for hydroxylation is 1. The van der Waals surface area contributed by atoms with Crippen LogP contribution in [0.1, 0.15) is 72.9 Å². The SMILES string of the molecule is CCCCOc1nc(N)c2nc(OC)n(CCCCN3CCC(C(C(=O)Cc4ccccc4)c4ccc(C(=O)OC)cc4)CC3)c2n1. The number of hydrogen-bond donors (Lipinski definition) is 1. The lowest BCUT2D eigenvalue weighted by Crippen LogP contribution is -2.38. The molecule has 0 radical (unpaired) electrons. The molecule has 2 aromatic heterocycles. The maximum absolute atomic E-state index is 13.8. The van der Waals surface area contributed by atoms with Crippen molar-refractivity contribution in [1.82, 2.24) is 24.4 Å². The average molecular weight is 643 g/mol. The lowest BCUT2D eigenvalue weighted by atomic mass is 9.76. The Morgan fingerprint density at radius 2 is 1.66 bits per heavy atom. The molecule has 0 spiro atoms. The van der Waals surface area contributed by atoms with Crippen molar-refractivity contribution < 1.29 is 23.8 Å². The first kappa shape index (κ1) is 33.8. The van der Waals surface area contributed by atoms with Crippen LogP contribution < -0.4 is 15.2 Å². The van der Waals surface area contributed by atoms with E-state index in [0.29, 0.717) is 42.3 Å². The molecule has 2 aromatic carbocycles. The highest BCUT2D eigenvalue weighted by Gasteiger charge is 2.32. The Labute approximate surface area is 276 Å². The summed E-state index contributed by atoms with van der Waals surface area (Å²) in [6.07, 6.45) is 6.07. The van der Waals surface area contributed by atoms with Gasteiger partial charge >= 0.3 is 12.0 Å². The third kappa shape index (κ3) is 8.45. The van der Waals surface area contributed by atoms with E-state index in [9.17, 15) is 9.59 Å². The number of nitrogens with two attached hydrogens (primary N) is 1. The van der Waals surface area contributed by atoms with Gasteiger partial charge in [0.15, 0.2) is 17.0 Å². The van der Waals surface area contributed by atoms with Gasteiger partial charge in [-0.1, -0.05) is 55.8 Å². The average Bonchev–Trinajstić information content (AvgIpc) is 3.46. The molecule has 0 amide bonds. The zero-order valence-corrected chi connectivity index (χ0v) is 27.7. The highest BCUT2D eigenvalue weighted by molar-refractivity contribution is 5.91. The summed E-state index contributed by atoms with van der Waals surface area (Å²) in [7, 11) is 2.97. The van der Waals surface area contributed by atoms with Crippen molar-refractivity contribution in [3.05, 3.63) is 71.3 Å². The van der Waals surface area contributed by atoms with E-state index in [1.54, 1.807) is 19.2 Å². The van der Waals surface area contributed by atoms with Crippen molar-refractivity contribution in [2.75, 3.05) is 46.2 Å². The summed E-state index contributed by atoms with van der Waals surface area (Å²) >= 11 is 0. The summed E-state index contributed by atoms with van der Waals surface area (Å²) in [6.45, 7) is 6.13. The molecular formula is C36H46N6O5. The molecule has 1 aliphatic heterocycles. The van der Waals surface area contributed by atoms with E-state index in [1.165, 1.54) is 7.11 Å². The molecule has 11 nitrogen and oxygen atoms in total. The lowest BCUT2D eigenvalue weighted by Gasteiger charge is -2.36. The number of nitrogens with zero attached hydrogens (tertiary/aromatic N) is 5. The molecule has 11 heteroatoms. The second-order valence-corrected chi connectivity index (χ2v) is 12.1. The third-order valence-electron chi connectivity index (χ3n) is 8.95. The molecule has 0 bridgehead atoms. The molecule has 0 saturated carbocycles. The van der Waals surface area contributed by atoms with Crippen LogP contribution in [0.3, 0.4) is 0 Å². The largest absolute Gasteiger partial charge is 0.468 e. The van der Waals surface area contributed by atoms with Crippen LogP contribution in [0.25, 0.3) is 11.2 Å². The van der Waals surface area contributed by atoms with Crippen LogP contribution in [0.4, 0.5) is 5.82 Å². The van der Waals surface area contributed by atoms with Crippen molar-refractivity contribution in [3.63, 3.8) is 0 Å². The minimum Gasteiger partial charge on any atom is -0.468 e. The van der Waals surface area contributed by atoms with Crippen molar-refractivity contribution in [2.24, 2.45) is 5.92 Å². The number of likely N-dealkylation sites (tertiary alicyclic amines) is 1. The Morgan fingerprint density at radius 1 is 0.936 bits per heavy atom. The van der Waals surface area contributed by atoms with Crippen molar-refractivity contribution in [3.8, 4) is 12.0 Å². The van der Waals surface area contributed by atoms with Crippen molar-refractivity contribution in [1.29, 1.82) is 0 Å². The summed E-state index contributed by atoms with van der Waals surface area (Å²) in [5, 5.41) is 0. The Balaban J connectivity index is 1.19. The summed E-state index contributed by atoms with van der Waals surface area (Å²) in [5.41, 5.74) is 9.79. The molecule has 250 valence electrons. The van der Waals surface area contributed by atoms with Gasteiger partial charge in [0.25, 0.3) is 6.01 Å². The number of esters is 1. The van der Waals surface area contributed by atoms with Gasteiger partial charge in [-0.25, -0.2) is 4.79 Å². The van der Waals surface area contributed by atoms with E-state index in [1.807, 2.05) is 47.0 Å². The molecule has 1 saturated heterocycles. The molecule has 2 N–H and O–H groups in total. The number of carbonyl (C=O) groups excluding carboxylic acids is 2. The number of rotatable bonds is 16. The van der Waals surface area contributed by atoms with Gasteiger partial charge in [0.05, 0.1) is 26.4 Å². The van der Waals surface area contributed by atoms with E-state index >= 15 is 0 Å². The van der Waals surface area contributed by atoms with Gasteiger partial charge in [-0.15, -0.1) is 0 Å². The van der Waals surface area contributed by atoms with Crippen molar-refractivity contribution >= 4 is 28.7 Å². The number of imidazole rings is 1. The molecule has 3 heterocycles. The predicted molar refractivity (Wildman–Crippen MR) is 181 cm³/mol. The summed E-state index contributed by atoms with van der Waals surface area (Å²) in [5.74, 6) is 0.116. The maximum atomic E-state index is 13.8. The van der Waals surface area contributed by atoms with Gasteiger partial charge in [-0.2, -0.15) is 15.0 Å². The van der Waals surface area contributed by atoms with Crippen LogP contribution in [-0.4, -0.2) is 76.6 Å². The first-order valence-electron chi connectivity index (χ1n) is 16.6. The van der Waals surface area contributed by atoms with Gasteiger partial charge < -0.3 is 24.8 Å². The normalized spacial score (nSPS) is 14.6. The van der Waals surface area contributed by atoms with Gasteiger partial charge in [0.2, 0.25) is 0 Å². The number of piperidine rings is 1. The fourth-order valence-electron chi connectivity index (χ4n) is 6.40. The minimum atomic E-state index is -0.379. The van der Waals surface area contributed by atoms with E-state index < -0.39 is 0 Å². The lowest BCUT2D eigenvalue weighted by molar-refractivity contribution is -0.121. The van der Waals surface area contributed by atoms with Crippen molar-refractivity contribution in [2.45, 2.75) is 64.3 Å². The molecule has 0 aliphatic carbocycles. The monoisotopic (exact) mass is 642 g/mol. The number of unbranched alkanes of at least 4 members (excludes halogenated alkanes) is 2. The van der Waals surface area contributed by atoms with E-state index in [4.69, 9.17) is 19.9 Å².